The third-order valence-corrected chi connectivity index (χ3v) is 2.15. The molecule has 5 heteroatoms. The molecule has 0 saturated heterocycles. The molecule has 1 unspecified atom stereocenters. The zero-order valence-corrected chi connectivity index (χ0v) is 9.13. The van der Waals surface area contributed by atoms with Gasteiger partial charge in [-0.1, -0.05) is 0 Å². The minimum atomic E-state index is -0.956. The van der Waals surface area contributed by atoms with Gasteiger partial charge in [-0.15, -0.1) is 0 Å². The lowest BCUT2D eigenvalue weighted by atomic mass is 10.2. The lowest BCUT2D eigenvalue weighted by Crippen LogP contribution is -2.25. The van der Waals surface area contributed by atoms with Crippen LogP contribution in [0.4, 0.5) is 0 Å². The smallest absolute Gasteiger partial charge is 0.332 e. The van der Waals surface area contributed by atoms with Gasteiger partial charge in [0.15, 0.2) is 11.5 Å². The highest BCUT2D eigenvalue weighted by atomic mass is 16.5. The molecule has 1 rings (SSSR count). The zero-order valence-electron chi connectivity index (χ0n) is 9.13. The van der Waals surface area contributed by atoms with Crippen LogP contribution in [0, 0.1) is 0 Å². The number of rotatable bonds is 6. The second-order valence-corrected chi connectivity index (χ2v) is 3.34. The van der Waals surface area contributed by atoms with Crippen molar-refractivity contribution in [2.75, 3.05) is 6.61 Å². The third kappa shape index (κ3) is 3.86. The highest BCUT2D eigenvalue weighted by Crippen LogP contribution is 2.01. The molecule has 88 valence electrons. The average Bonchev–Trinajstić information content (AvgIpc) is 2.26. The number of carboxylic acid groups (broad SMARTS) is 1. The van der Waals surface area contributed by atoms with Crippen molar-refractivity contribution in [3.8, 4) is 0 Å². The van der Waals surface area contributed by atoms with Crippen LogP contribution in [0.2, 0.25) is 0 Å². The Morgan fingerprint density at radius 1 is 1.50 bits per heavy atom. The van der Waals surface area contributed by atoms with Crippen LogP contribution in [0.5, 0.6) is 0 Å². The molecule has 0 aliphatic rings. The molecule has 1 heterocycles. The molecule has 1 N–H and O–H groups in total. The van der Waals surface area contributed by atoms with Gasteiger partial charge >= 0.3 is 5.97 Å². The lowest BCUT2D eigenvalue weighted by Gasteiger charge is -2.13. The van der Waals surface area contributed by atoms with Crippen molar-refractivity contribution < 1.29 is 14.6 Å². The standard InChI is InChI=1S/C11H15NO4/c1-2-16-10(11(14)15)5-8-12-6-3-9(13)4-7-12/h3-4,6-7,10H,2,5,8H2,1H3,(H,14,15). The Morgan fingerprint density at radius 2 is 2.12 bits per heavy atom. The number of hydrogen-bond acceptors (Lipinski definition) is 3. The van der Waals surface area contributed by atoms with Gasteiger partial charge in [0.05, 0.1) is 0 Å². The third-order valence-electron chi connectivity index (χ3n) is 2.15. The number of carbonyl (C=O) groups is 1. The normalized spacial score (nSPS) is 12.3. The van der Waals surface area contributed by atoms with E-state index in [0.29, 0.717) is 19.6 Å². The molecule has 0 spiro atoms. The van der Waals surface area contributed by atoms with E-state index in [-0.39, 0.29) is 5.43 Å². The maximum atomic E-state index is 10.8. The van der Waals surface area contributed by atoms with E-state index < -0.39 is 12.1 Å². The van der Waals surface area contributed by atoms with Gasteiger partial charge in [0, 0.05) is 44.1 Å². The van der Waals surface area contributed by atoms with Gasteiger partial charge in [0.25, 0.3) is 0 Å². The number of nitrogens with zero attached hydrogens (tertiary/aromatic N) is 1. The van der Waals surface area contributed by atoms with Crippen molar-refractivity contribution in [2.24, 2.45) is 0 Å². The number of pyridine rings is 1. The topological polar surface area (TPSA) is 68.5 Å². The van der Waals surface area contributed by atoms with Crippen LogP contribution in [0.3, 0.4) is 0 Å². The summed E-state index contributed by atoms with van der Waals surface area (Å²) in [7, 11) is 0. The van der Waals surface area contributed by atoms with Crippen LogP contribution in [0.1, 0.15) is 13.3 Å². The minimum Gasteiger partial charge on any atom is -0.479 e. The van der Waals surface area contributed by atoms with Crippen molar-refractivity contribution >= 4 is 5.97 Å². The molecule has 0 bridgehead atoms. The molecule has 0 radical (unpaired) electrons. The Balaban J connectivity index is 2.51. The predicted octanol–water partition coefficient (Wildman–Crippen LogP) is 0.728. The van der Waals surface area contributed by atoms with Gasteiger partial charge in [-0.05, 0) is 6.92 Å². The van der Waals surface area contributed by atoms with Gasteiger partial charge in [-0.2, -0.15) is 0 Å². The average molecular weight is 225 g/mol. The molecule has 1 aromatic rings. The number of aromatic nitrogens is 1. The lowest BCUT2D eigenvalue weighted by molar-refractivity contribution is -0.150. The molecule has 0 saturated carbocycles. The molecule has 5 nitrogen and oxygen atoms in total. The molecule has 1 atom stereocenters. The molecular formula is C11H15NO4. The molecule has 0 fully saturated rings. The summed E-state index contributed by atoms with van der Waals surface area (Å²) in [5.74, 6) is -0.956. The fraction of sp³-hybridized carbons (Fsp3) is 0.455. The van der Waals surface area contributed by atoms with Gasteiger partial charge in [-0.3, -0.25) is 4.79 Å². The maximum Gasteiger partial charge on any atom is 0.332 e. The van der Waals surface area contributed by atoms with Crippen molar-refractivity contribution in [2.45, 2.75) is 26.0 Å². The van der Waals surface area contributed by atoms with E-state index in [4.69, 9.17) is 9.84 Å². The predicted molar refractivity (Wildman–Crippen MR) is 58.4 cm³/mol. The Morgan fingerprint density at radius 3 is 2.62 bits per heavy atom. The molecule has 16 heavy (non-hydrogen) atoms. The second-order valence-electron chi connectivity index (χ2n) is 3.34. The fourth-order valence-corrected chi connectivity index (χ4v) is 1.34. The Bertz CT molecular complexity index is 379. The first kappa shape index (κ1) is 12.4. The van der Waals surface area contributed by atoms with Crippen LogP contribution in [0.25, 0.3) is 0 Å². The molecule has 1 aromatic heterocycles. The second kappa shape index (κ2) is 6.07. The number of aliphatic carboxylic acids is 1. The van der Waals surface area contributed by atoms with Gasteiger partial charge in [0.1, 0.15) is 0 Å². The van der Waals surface area contributed by atoms with Crippen LogP contribution < -0.4 is 5.43 Å². The van der Waals surface area contributed by atoms with Gasteiger partial charge in [0.2, 0.25) is 0 Å². The summed E-state index contributed by atoms with van der Waals surface area (Å²) in [5, 5.41) is 8.84. The highest BCUT2D eigenvalue weighted by Gasteiger charge is 2.16. The van der Waals surface area contributed by atoms with Crippen LogP contribution in [-0.4, -0.2) is 28.4 Å². The number of carboxylic acids is 1. The van der Waals surface area contributed by atoms with E-state index in [9.17, 15) is 9.59 Å². The van der Waals surface area contributed by atoms with Crippen molar-refractivity contribution in [3.63, 3.8) is 0 Å². The monoisotopic (exact) mass is 225 g/mol. The van der Waals surface area contributed by atoms with Crippen LogP contribution >= 0.6 is 0 Å². The number of ether oxygens (including phenoxy) is 1. The summed E-state index contributed by atoms with van der Waals surface area (Å²) in [6.07, 6.45) is 2.86. The fourth-order valence-electron chi connectivity index (χ4n) is 1.34. The molecule has 0 aliphatic carbocycles. The Hall–Kier alpha value is -1.62. The number of hydrogen-bond donors (Lipinski definition) is 1. The Labute approximate surface area is 93.3 Å². The quantitative estimate of drug-likeness (QED) is 0.774. The molecule has 0 aromatic carbocycles. The SMILES string of the molecule is CCOC(CCn1ccc(=O)cc1)C(=O)O. The van der Waals surface area contributed by atoms with Crippen LogP contribution in [0.15, 0.2) is 29.3 Å². The largest absolute Gasteiger partial charge is 0.479 e. The van der Waals surface area contributed by atoms with Crippen LogP contribution in [-0.2, 0) is 16.1 Å². The minimum absolute atomic E-state index is 0.0594. The van der Waals surface area contributed by atoms with E-state index in [1.165, 1.54) is 12.1 Å². The van der Waals surface area contributed by atoms with E-state index in [1.807, 2.05) is 0 Å². The zero-order chi connectivity index (χ0) is 12.0. The number of aryl methyl sites for hydroxylation is 1. The summed E-state index contributed by atoms with van der Waals surface area (Å²) >= 11 is 0. The van der Waals surface area contributed by atoms with E-state index in [2.05, 4.69) is 0 Å². The summed E-state index contributed by atoms with van der Waals surface area (Å²) in [5.41, 5.74) is -0.0594. The Kier molecular flexibility index (Phi) is 4.72. The first-order chi connectivity index (χ1) is 7.63. The van der Waals surface area contributed by atoms with Crippen molar-refractivity contribution in [3.05, 3.63) is 34.7 Å². The molecule has 0 aliphatic heterocycles. The summed E-state index contributed by atoms with van der Waals surface area (Å²) in [4.78, 5) is 21.6. The van der Waals surface area contributed by atoms with E-state index >= 15 is 0 Å². The summed E-state index contributed by atoms with van der Waals surface area (Å²) in [6.45, 7) is 2.65. The van der Waals surface area contributed by atoms with Gasteiger partial charge in [-0.25, -0.2) is 4.79 Å². The van der Waals surface area contributed by atoms with Gasteiger partial charge < -0.3 is 14.4 Å². The summed E-state index contributed by atoms with van der Waals surface area (Å²) < 4.78 is 6.83. The maximum absolute atomic E-state index is 10.8. The molecular weight excluding hydrogens is 210 g/mol. The first-order valence-electron chi connectivity index (χ1n) is 5.14. The van der Waals surface area contributed by atoms with Crippen molar-refractivity contribution in [1.29, 1.82) is 0 Å². The van der Waals surface area contributed by atoms with Crippen molar-refractivity contribution in [1.82, 2.24) is 4.57 Å². The highest BCUT2D eigenvalue weighted by molar-refractivity contribution is 5.72. The first-order valence-corrected chi connectivity index (χ1v) is 5.14. The van der Waals surface area contributed by atoms with E-state index in [1.54, 1.807) is 23.9 Å². The van der Waals surface area contributed by atoms with E-state index in [0.717, 1.165) is 0 Å². The molecule has 0 amide bonds. The summed E-state index contributed by atoms with van der Waals surface area (Å²) in [6, 6.07) is 2.88.